The highest BCUT2D eigenvalue weighted by molar-refractivity contribution is 5.82. The fraction of sp³-hybridized carbons (Fsp3) is 0.833. The summed E-state index contributed by atoms with van der Waals surface area (Å²) in [4.78, 5) is 26.7. The molecule has 5 nitrogen and oxygen atoms in total. The second-order valence-electron chi connectivity index (χ2n) is 4.61. The highest BCUT2D eigenvalue weighted by Gasteiger charge is 2.30. The van der Waals surface area contributed by atoms with E-state index in [-0.39, 0.29) is 18.4 Å². The average molecular weight is 242 g/mol. The molecule has 1 N–H and O–H groups in total. The van der Waals surface area contributed by atoms with Crippen LogP contribution in [-0.4, -0.2) is 59.5 Å². The Morgan fingerprint density at radius 3 is 2.76 bits per heavy atom. The van der Waals surface area contributed by atoms with Crippen LogP contribution in [0.1, 0.15) is 32.6 Å². The first-order valence-electron chi connectivity index (χ1n) is 6.27. The molecule has 0 aromatic heterocycles. The van der Waals surface area contributed by atoms with E-state index in [1.807, 2.05) is 23.8 Å². The number of carboxylic acid groups (broad SMARTS) is 1. The van der Waals surface area contributed by atoms with Crippen LogP contribution < -0.4 is 0 Å². The van der Waals surface area contributed by atoms with Crippen molar-refractivity contribution in [3.05, 3.63) is 0 Å². The number of rotatable bonds is 5. The van der Waals surface area contributed by atoms with E-state index >= 15 is 0 Å². The number of hydrogen-bond donors (Lipinski definition) is 1. The summed E-state index contributed by atoms with van der Waals surface area (Å²) in [5.41, 5.74) is 0. The standard InChI is InChI=1S/C12H22N2O3/c1-3-7-14-9-4-8-13(2)10(12(14)17)5-6-11(15)16/h10H,3-9H2,1-2H3,(H,15,16). The summed E-state index contributed by atoms with van der Waals surface area (Å²) in [5.74, 6) is -0.745. The average Bonchev–Trinajstić information content (AvgIpc) is 2.38. The number of likely N-dealkylation sites (N-methyl/N-ethyl adjacent to an activating group) is 1. The largest absolute Gasteiger partial charge is 0.481 e. The van der Waals surface area contributed by atoms with Crippen molar-refractivity contribution in [1.29, 1.82) is 0 Å². The summed E-state index contributed by atoms with van der Waals surface area (Å²) in [6.07, 6.45) is 2.37. The molecule has 0 aromatic carbocycles. The Morgan fingerprint density at radius 2 is 2.18 bits per heavy atom. The molecular weight excluding hydrogens is 220 g/mol. The van der Waals surface area contributed by atoms with E-state index in [0.717, 1.165) is 32.5 Å². The summed E-state index contributed by atoms with van der Waals surface area (Å²) in [6, 6.07) is -0.264. The molecule has 0 saturated carbocycles. The summed E-state index contributed by atoms with van der Waals surface area (Å²) in [7, 11) is 1.90. The van der Waals surface area contributed by atoms with Gasteiger partial charge in [0.1, 0.15) is 0 Å². The minimum atomic E-state index is -0.836. The number of nitrogens with zero attached hydrogens (tertiary/aromatic N) is 2. The third-order valence-electron chi connectivity index (χ3n) is 3.19. The van der Waals surface area contributed by atoms with Crippen molar-refractivity contribution in [2.24, 2.45) is 0 Å². The molecule has 1 rings (SSSR count). The first-order chi connectivity index (χ1) is 8.06. The Labute approximate surface area is 102 Å². The Kier molecular flexibility index (Phi) is 5.41. The molecule has 1 saturated heterocycles. The lowest BCUT2D eigenvalue weighted by atomic mass is 10.1. The topological polar surface area (TPSA) is 60.9 Å². The fourth-order valence-electron chi connectivity index (χ4n) is 2.27. The van der Waals surface area contributed by atoms with Crippen molar-refractivity contribution in [2.75, 3.05) is 26.7 Å². The summed E-state index contributed by atoms with van der Waals surface area (Å²) < 4.78 is 0. The maximum absolute atomic E-state index is 12.2. The molecule has 1 aliphatic heterocycles. The van der Waals surface area contributed by atoms with Gasteiger partial charge < -0.3 is 10.0 Å². The van der Waals surface area contributed by atoms with Crippen LogP contribution in [0.4, 0.5) is 0 Å². The van der Waals surface area contributed by atoms with Crippen LogP contribution in [-0.2, 0) is 9.59 Å². The van der Waals surface area contributed by atoms with Crippen LogP contribution in [0.25, 0.3) is 0 Å². The van der Waals surface area contributed by atoms with E-state index in [0.29, 0.717) is 6.42 Å². The molecule has 17 heavy (non-hydrogen) atoms. The number of hydrogen-bond acceptors (Lipinski definition) is 3. The van der Waals surface area contributed by atoms with Gasteiger partial charge in [0.25, 0.3) is 0 Å². The zero-order chi connectivity index (χ0) is 12.8. The van der Waals surface area contributed by atoms with Gasteiger partial charge >= 0.3 is 5.97 Å². The van der Waals surface area contributed by atoms with Crippen molar-refractivity contribution >= 4 is 11.9 Å². The molecule has 1 heterocycles. The van der Waals surface area contributed by atoms with Gasteiger partial charge in [-0.3, -0.25) is 14.5 Å². The Balaban J connectivity index is 2.67. The second-order valence-corrected chi connectivity index (χ2v) is 4.61. The maximum Gasteiger partial charge on any atom is 0.303 e. The quantitative estimate of drug-likeness (QED) is 0.774. The van der Waals surface area contributed by atoms with Crippen LogP contribution >= 0.6 is 0 Å². The van der Waals surface area contributed by atoms with Crippen LogP contribution in [0.5, 0.6) is 0 Å². The third-order valence-corrected chi connectivity index (χ3v) is 3.19. The maximum atomic E-state index is 12.2. The number of carbonyl (C=O) groups is 2. The second kappa shape index (κ2) is 6.59. The molecule has 0 aromatic rings. The molecule has 98 valence electrons. The number of carboxylic acids is 1. The lowest BCUT2D eigenvalue weighted by molar-refractivity contribution is -0.138. The number of amides is 1. The molecule has 5 heteroatoms. The predicted octanol–water partition coefficient (Wildman–Crippen LogP) is 0.794. The highest BCUT2D eigenvalue weighted by atomic mass is 16.4. The van der Waals surface area contributed by atoms with Crippen molar-refractivity contribution in [3.8, 4) is 0 Å². The molecule has 0 radical (unpaired) electrons. The lowest BCUT2D eigenvalue weighted by Gasteiger charge is -2.27. The molecule has 1 aliphatic rings. The minimum Gasteiger partial charge on any atom is -0.481 e. The first kappa shape index (κ1) is 14.0. The fourth-order valence-corrected chi connectivity index (χ4v) is 2.27. The molecule has 1 amide bonds. The molecule has 1 unspecified atom stereocenters. The number of carbonyl (C=O) groups excluding carboxylic acids is 1. The zero-order valence-electron chi connectivity index (χ0n) is 10.7. The van der Waals surface area contributed by atoms with Gasteiger partial charge in [-0.05, 0) is 26.3 Å². The molecule has 0 spiro atoms. The number of aliphatic carboxylic acids is 1. The van der Waals surface area contributed by atoms with Crippen LogP contribution in [0.15, 0.2) is 0 Å². The van der Waals surface area contributed by atoms with E-state index in [1.54, 1.807) is 0 Å². The summed E-state index contributed by atoms with van der Waals surface area (Å²) in [5, 5.41) is 8.71. The van der Waals surface area contributed by atoms with Gasteiger partial charge in [0.15, 0.2) is 0 Å². The zero-order valence-corrected chi connectivity index (χ0v) is 10.7. The molecular formula is C12H22N2O3. The van der Waals surface area contributed by atoms with E-state index in [4.69, 9.17) is 5.11 Å². The SMILES string of the molecule is CCCN1CCCN(C)C(CCC(=O)O)C1=O. The van der Waals surface area contributed by atoms with Gasteiger partial charge in [0, 0.05) is 26.1 Å². The Bertz CT molecular complexity index is 281. The van der Waals surface area contributed by atoms with Crippen molar-refractivity contribution in [3.63, 3.8) is 0 Å². The molecule has 0 aliphatic carbocycles. The normalized spacial score (nSPS) is 22.6. The minimum absolute atomic E-state index is 0.0563. The summed E-state index contributed by atoms with van der Waals surface area (Å²) in [6.45, 7) is 4.47. The van der Waals surface area contributed by atoms with Gasteiger partial charge in [-0.15, -0.1) is 0 Å². The van der Waals surface area contributed by atoms with Gasteiger partial charge in [-0.25, -0.2) is 0 Å². The predicted molar refractivity (Wildman–Crippen MR) is 64.8 cm³/mol. The van der Waals surface area contributed by atoms with E-state index in [9.17, 15) is 9.59 Å². The van der Waals surface area contributed by atoms with Gasteiger partial charge in [-0.1, -0.05) is 6.92 Å². The molecule has 0 bridgehead atoms. The van der Waals surface area contributed by atoms with E-state index in [2.05, 4.69) is 0 Å². The smallest absolute Gasteiger partial charge is 0.303 e. The Morgan fingerprint density at radius 1 is 1.47 bits per heavy atom. The van der Waals surface area contributed by atoms with Crippen molar-refractivity contribution in [1.82, 2.24) is 9.80 Å². The molecule has 1 atom stereocenters. The Hall–Kier alpha value is -1.10. The van der Waals surface area contributed by atoms with Crippen LogP contribution in [0.2, 0.25) is 0 Å². The van der Waals surface area contributed by atoms with Crippen LogP contribution in [0, 0.1) is 0 Å². The van der Waals surface area contributed by atoms with Gasteiger partial charge in [0.2, 0.25) is 5.91 Å². The van der Waals surface area contributed by atoms with Crippen LogP contribution in [0.3, 0.4) is 0 Å². The highest BCUT2D eigenvalue weighted by Crippen LogP contribution is 2.14. The molecule has 1 fully saturated rings. The van der Waals surface area contributed by atoms with E-state index < -0.39 is 5.97 Å². The summed E-state index contributed by atoms with van der Waals surface area (Å²) >= 11 is 0. The lowest BCUT2D eigenvalue weighted by Crippen LogP contribution is -2.44. The van der Waals surface area contributed by atoms with E-state index in [1.165, 1.54) is 0 Å². The van der Waals surface area contributed by atoms with Gasteiger partial charge in [0.05, 0.1) is 6.04 Å². The monoisotopic (exact) mass is 242 g/mol. The van der Waals surface area contributed by atoms with Crippen molar-refractivity contribution < 1.29 is 14.7 Å². The third kappa shape index (κ3) is 4.00. The first-order valence-corrected chi connectivity index (χ1v) is 6.27. The van der Waals surface area contributed by atoms with Gasteiger partial charge in [-0.2, -0.15) is 0 Å². The van der Waals surface area contributed by atoms with Crippen molar-refractivity contribution in [2.45, 2.75) is 38.6 Å².